The highest BCUT2D eigenvalue weighted by Crippen LogP contribution is 2.32. The van der Waals surface area contributed by atoms with Gasteiger partial charge in [-0.15, -0.1) is 11.3 Å². The van der Waals surface area contributed by atoms with Gasteiger partial charge in [-0.25, -0.2) is 0 Å². The van der Waals surface area contributed by atoms with Gasteiger partial charge in [-0.2, -0.15) is 0 Å². The van der Waals surface area contributed by atoms with E-state index in [0.717, 1.165) is 13.1 Å². The molecule has 0 saturated carbocycles. The van der Waals surface area contributed by atoms with Crippen molar-refractivity contribution in [3.05, 3.63) is 46.8 Å². The fourth-order valence-electron chi connectivity index (χ4n) is 1.63. The van der Waals surface area contributed by atoms with Crippen LogP contribution >= 0.6 is 23.1 Å². The molecule has 0 aliphatic rings. The molecule has 0 radical (unpaired) electrons. The van der Waals surface area contributed by atoms with Gasteiger partial charge >= 0.3 is 0 Å². The molecule has 0 bridgehead atoms. The molecule has 0 amide bonds. The van der Waals surface area contributed by atoms with E-state index in [1.807, 2.05) is 11.8 Å². The Morgan fingerprint density at radius 3 is 2.82 bits per heavy atom. The fourth-order valence-corrected chi connectivity index (χ4v) is 3.47. The van der Waals surface area contributed by atoms with Crippen molar-refractivity contribution >= 4 is 23.1 Å². The number of aryl methyl sites for hydroxylation is 1. The molecule has 2 rings (SSSR count). The van der Waals surface area contributed by atoms with Crippen LogP contribution in [0.3, 0.4) is 0 Å². The third-order valence-corrected chi connectivity index (χ3v) is 4.62. The van der Waals surface area contributed by atoms with E-state index in [1.165, 1.54) is 20.2 Å². The Morgan fingerprint density at radius 1 is 1.29 bits per heavy atom. The van der Waals surface area contributed by atoms with Crippen molar-refractivity contribution < 1.29 is 0 Å². The van der Waals surface area contributed by atoms with Crippen LogP contribution in [0.25, 0.3) is 0 Å². The number of benzene rings is 1. The monoisotopic (exact) mass is 263 g/mol. The maximum atomic E-state index is 3.37. The molecule has 0 aliphatic heterocycles. The summed E-state index contributed by atoms with van der Waals surface area (Å²) < 4.78 is 1.35. The number of thiophene rings is 1. The van der Waals surface area contributed by atoms with E-state index >= 15 is 0 Å². The maximum Gasteiger partial charge on any atom is 0.0646 e. The van der Waals surface area contributed by atoms with E-state index in [2.05, 4.69) is 54.9 Å². The quantitative estimate of drug-likeness (QED) is 0.862. The number of rotatable bonds is 5. The lowest BCUT2D eigenvalue weighted by Crippen LogP contribution is -2.12. The Balaban J connectivity index is 2.08. The van der Waals surface area contributed by atoms with Crippen LogP contribution in [-0.4, -0.2) is 6.54 Å². The summed E-state index contributed by atoms with van der Waals surface area (Å²) in [5.74, 6) is 0. The van der Waals surface area contributed by atoms with Crippen molar-refractivity contribution in [1.82, 2.24) is 5.32 Å². The summed E-state index contributed by atoms with van der Waals surface area (Å²) in [4.78, 5) is 1.32. The Kier molecular flexibility index (Phi) is 4.66. The van der Waals surface area contributed by atoms with Crippen LogP contribution < -0.4 is 5.32 Å². The Hall–Kier alpha value is -0.770. The second-order valence-corrected chi connectivity index (χ2v) is 6.22. The van der Waals surface area contributed by atoms with E-state index in [0.29, 0.717) is 0 Å². The number of hydrogen-bond donors (Lipinski definition) is 1. The minimum absolute atomic E-state index is 0.965. The lowest BCUT2D eigenvalue weighted by Gasteiger charge is -2.08. The molecule has 2 aromatic rings. The molecule has 1 aromatic carbocycles. The van der Waals surface area contributed by atoms with Gasteiger partial charge in [0, 0.05) is 11.4 Å². The second kappa shape index (κ2) is 6.24. The third kappa shape index (κ3) is 3.60. The first-order chi connectivity index (χ1) is 8.29. The summed E-state index contributed by atoms with van der Waals surface area (Å²) in [6, 6.07) is 11.0. The van der Waals surface area contributed by atoms with Crippen molar-refractivity contribution in [3.63, 3.8) is 0 Å². The normalized spacial score (nSPS) is 10.7. The van der Waals surface area contributed by atoms with Crippen LogP contribution in [0.2, 0.25) is 0 Å². The lowest BCUT2D eigenvalue weighted by molar-refractivity contribution is 0.723. The molecule has 1 N–H and O–H groups in total. The fraction of sp³-hybridized carbons (Fsp3) is 0.286. The van der Waals surface area contributed by atoms with E-state index < -0.39 is 0 Å². The molecular weight excluding hydrogens is 246 g/mol. The van der Waals surface area contributed by atoms with Crippen molar-refractivity contribution in [2.75, 3.05) is 6.54 Å². The minimum atomic E-state index is 0.965. The second-order valence-electron chi connectivity index (χ2n) is 3.90. The minimum Gasteiger partial charge on any atom is -0.313 e. The van der Waals surface area contributed by atoms with Crippen LogP contribution in [0.1, 0.15) is 18.1 Å². The highest BCUT2D eigenvalue weighted by molar-refractivity contribution is 8.01. The van der Waals surface area contributed by atoms with Gasteiger partial charge in [0.05, 0.1) is 4.21 Å². The van der Waals surface area contributed by atoms with Gasteiger partial charge in [0.1, 0.15) is 0 Å². The van der Waals surface area contributed by atoms with Crippen LogP contribution in [-0.2, 0) is 6.54 Å². The molecule has 0 aliphatic carbocycles. The molecule has 17 heavy (non-hydrogen) atoms. The molecule has 3 heteroatoms. The van der Waals surface area contributed by atoms with Gasteiger partial charge < -0.3 is 5.32 Å². The van der Waals surface area contributed by atoms with Gasteiger partial charge in [0.2, 0.25) is 0 Å². The summed E-state index contributed by atoms with van der Waals surface area (Å²) in [5, 5.41) is 5.49. The van der Waals surface area contributed by atoms with Crippen LogP contribution in [0, 0.1) is 6.92 Å². The SMILES string of the molecule is CCNCc1ccc(Sc2cccs2)cc1C. The summed E-state index contributed by atoms with van der Waals surface area (Å²) >= 11 is 3.63. The smallest absolute Gasteiger partial charge is 0.0646 e. The summed E-state index contributed by atoms with van der Waals surface area (Å²) in [6.07, 6.45) is 0. The molecule has 0 atom stereocenters. The Morgan fingerprint density at radius 2 is 2.18 bits per heavy atom. The first kappa shape index (κ1) is 12.7. The molecule has 90 valence electrons. The van der Waals surface area contributed by atoms with Crippen molar-refractivity contribution in [2.45, 2.75) is 29.5 Å². The average molecular weight is 263 g/mol. The van der Waals surface area contributed by atoms with Gasteiger partial charge in [-0.05, 0) is 48.2 Å². The predicted molar refractivity (Wildman–Crippen MR) is 77.0 cm³/mol. The number of hydrogen-bond acceptors (Lipinski definition) is 3. The van der Waals surface area contributed by atoms with E-state index in [9.17, 15) is 0 Å². The van der Waals surface area contributed by atoms with Crippen molar-refractivity contribution in [3.8, 4) is 0 Å². The molecule has 1 aromatic heterocycles. The zero-order valence-corrected chi connectivity index (χ0v) is 11.8. The van der Waals surface area contributed by atoms with Gasteiger partial charge in [0.25, 0.3) is 0 Å². The topological polar surface area (TPSA) is 12.0 Å². The van der Waals surface area contributed by atoms with Crippen LogP contribution in [0.4, 0.5) is 0 Å². The van der Waals surface area contributed by atoms with Crippen LogP contribution in [0.15, 0.2) is 44.8 Å². The van der Waals surface area contributed by atoms with Crippen molar-refractivity contribution in [1.29, 1.82) is 0 Å². The van der Waals surface area contributed by atoms with Crippen molar-refractivity contribution in [2.24, 2.45) is 0 Å². The Labute approximate surface area is 111 Å². The molecule has 0 spiro atoms. The molecule has 0 fully saturated rings. The first-order valence-electron chi connectivity index (χ1n) is 5.81. The largest absolute Gasteiger partial charge is 0.313 e. The van der Waals surface area contributed by atoms with Gasteiger partial charge in [-0.3, -0.25) is 0 Å². The number of nitrogens with one attached hydrogen (secondary N) is 1. The zero-order chi connectivity index (χ0) is 12.1. The molecule has 1 nitrogen and oxygen atoms in total. The molecule has 0 unspecified atom stereocenters. The standard InChI is InChI=1S/C14H17NS2/c1-3-15-10-12-6-7-13(9-11(12)2)17-14-5-4-8-16-14/h4-9,15H,3,10H2,1-2H3. The highest BCUT2D eigenvalue weighted by Gasteiger charge is 2.02. The molecule has 1 heterocycles. The first-order valence-corrected chi connectivity index (χ1v) is 7.51. The van der Waals surface area contributed by atoms with E-state index in [-0.39, 0.29) is 0 Å². The highest BCUT2D eigenvalue weighted by atomic mass is 32.2. The lowest BCUT2D eigenvalue weighted by atomic mass is 10.1. The Bertz CT molecular complexity index is 463. The molecule has 0 saturated heterocycles. The van der Waals surface area contributed by atoms with Crippen LogP contribution in [0.5, 0.6) is 0 Å². The van der Waals surface area contributed by atoms with E-state index in [1.54, 1.807) is 11.3 Å². The zero-order valence-electron chi connectivity index (χ0n) is 10.2. The van der Waals surface area contributed by atoms with Gasteiger partial charge in [0.15, 0.2) is 0 Å². The van der Waals surface area contributed by atoms with E-state index in [4.69, 9.17) is 0 Å². The summed E-state index contributed by atoms with van der Waals surface area (Å²) in [6.45, 7) is 6.30. The maximum absolute atomic E-state index is 3.37. The van der Waals surface area contributed by atoms with Gasteiger partial charge in [-0.1, -0.05) is 30.8 Å². The molecular formula is C14H17NS2. The summed E-state index contributed by atoms with van der Waals surface area (Å²) in [5.41, 5.74) is 2.76. The average Bonchev–Trinajstić information content (AvgIpc) is 2.81. The third-order valence-electron chi connectivity index (χ3n) is 2.59. The summed E-state index contributed by atoms with van der Waals surface area (Å²) in [7, 11) is 0. The predicted octanol–water partition coefficient (Wildman–Crippen LogP) is 4.32.